The van der Waals surface area contributed by atoms with E-state index in [9.17, 15) is 4.79 Å². The van der Waals surface area contributed by atoms with Crippen LogP contribution in [0, 0.1) is 0 Å². The Morgan fingerprint density at radius 2 is 1.95 bits per heavy atom. The molecule has 0 radical (unpaired) electrons. The molecule has 6 heteroatoms. The number of ether oxygens (including phenoxy) is 3. The molecular weight excluding hydrogens is 306 g/mol. The first kappa shape index (κ1) is 16.7. The fourth-order valence-corrected chi connectivity index (χ4v) is 2.85. The first-order valence-corrected chi connectivity index (χ1v) is 7.54. The smallest absolute Gasteiger partial charge is 0.410 e. The molecule has 1 aliphatic rings. The standard InChI is InChI=1S/C16H22ClNO4/c1-16(2,3)22-15(19)18-7-6-11-10(9-18)8-12(20-4)14(21-5)13(11)17/h8H,6-7,9H2,1-5H3. The average molecular weight is 328 g/mol. The molecule has 122 valence electrons. The van der Waals surface area contributed by atoms with Crippen molar-refractivity contribution in [2.24, 2.45) is 0 Å². The van der Waals surface area contributed by atoms with Gasteiger partial charge in [0, 0.05) is 13.1 Å². The second kappa shape index (κ2) is 6.24. The molecule has 1 amide bonds. The predicted octanol–water partition coefficient (Wildman–Crippen LogP) is 3.65. The van der Waals surface area contributed by atoms with Crippen molar-refractivity contribution in [1.29, 1.82) is 0 Å². The second-order valence-corrected chi connectivity index (χ2v) is 6.59. The van der Waals surface area contributed by atoms with Crippen LogP contribution in [0.1, 0.15) is 31.9 Å². The summed E-state index contributed by atoms with van der Waals surface area (Å²) in [6, 6.07) is 1.87. The van der Waals surface area contributed by atoms with E-state index in [2.05, 4.69) is 0 Å². The summed E-state index contributed by atoms with van der Waals surface area (Å²) in [5.74, 6) is 1.10. The van der Waals surface area contributed by atoms with Gasteiger partial charge in [0.15, 0.2) is 11.5 Å². The van der Waals surface area contributed by atoms with Gasteiger partial charge in [-0.15, -0.1) is 0 Å². The molecule has 0 spiro atoms. The van der Waals surface area contributed by atoms with Crippen LogP contribution in [-0.2, 0) is 17.7 Å². The highest BCUT2D eigenvalue weighted by Gasteiger charge is 2.28. The van der Waals surface area contributed by atoms with Gasteiger partial charge in [0.2, 0.25) is 0 Å². The maximum absolute atomic E-state index is 12.2. The molecule has 0 aromatic heterocycles. The van der Waals surface area contributed by atoms with Crippen molar-refractivity contribution in [3.8, 4) is 11.5 Å². The second-order valence-electron chi connectivity index (χ2n) is 6.22. The summed E-state index contributed by atoms with van der Waals surface area (Å²) >= 11 is 6.40. The SMILES string of the molecule is COc1cc2c(c(Cl)c1OC)CCN(C(=O)OC(C)(C)C)C2. The number of carbonyl (C=O) groups is 1. The summed E-state index contributed by atoms with van der Waals surface area (Å²) in [6.07, 6.45) is 0.345. The van der Waals surface area contributed by atoms with Crippen molar-refractivity contribution in [1.82, 2.24) is 4.90 Å². The minimum absolute atomic E-state index is 0.316. The Morgan fingerprint density at radius 3 is 2.50 bits per heavy atom. The highest BCUT2D eigenvalue weighted by Crippen LogP contribution is 2.41. The van der Waals surface area contributed by atoms with Crippen LogP contribution in [0.5, 0.6) is 11.5 Å². The molecule has 22 heavy (non-hydrogen) atoms. The fraction of sp³-hybridized carbons (Fsp3) is 0.562. The van der Waals surface area contributed by atoms with Gasteiger partial charge in [0.05, 0.1) is 19.2 Å². The molecule has 0 N–H and O–H groups in total. The monoisotopic (exact) mass is 327 g/mol. The third kappa shape index (κ3) is 3.40. The van der Waals surface area contributed by atoms with Crippen LogP contribution in [0.4, 0.5) is 4.79 Å². The lowest BCUT2D eigenvalue weighted by Gasteiger charge is -2.32. The van der Waals surface area contributed by atoms with Crippen LogP contribution in [0.25, 0.3) is 0 Å². The number of halogens is 1. The Labute approximate surface area is 136 Å². The lowest BCUT2D eigenvalue weighted by atomic mass is 9.99. The van der Waals surface area contributed by atoms with Gasteiger partial charge in [0.1, 0.15) is 5.60 Å². The van der Waals surface area contributed by atoms with E-state index < -0.39 is 5.60 Å². The van der Waals surface area contributed by atoms with Crippen LogP contribution in [0.2, 0.25) is 5.02 Å². The number of hydrogen-bond acceptors (Lipinski definition) is 4. The topological polar surface area (TPSA) is 48.0 Å². The minimum Gasteiger partial charge on any atom is -0.493 e. The van der Waals surface area contributed by atoms with Gasteiger partial charge in [-0.3, -0.25) is 0 Å². The van der Waals surface area contributed by atoms with E-state index >= 15 is 0 Å². The zero-order chi connectivity index (χ0) is 16.5. The van der Waals surface area contributed by atoms with E-state index in [1.54, 1.807) is 19.1 Å². The van der Waals surface area contributed by atoms with Gasteiger partial charge in [-0.25, -0.2) is 4.79 Å². The van der Waals surface area contributed by atoms with E-state index in [0.29, 0.717) is 36.0 Å². The van der Waals surface area contributed by atoms with Gasteiger partial charge < -0.3 is 19.1 Å². The number of methoxy groups -OCH3 is 2. The number of nitrogens with zero attached hydrogens (tertiary/aromatic N) is 1. The van der Waals surface area contributed by atoms with Gasteiger partial charge in [-0.05, 0) is 44.4 Å². The molecule has 1 aliphatic heterocycles. The summed E-state index contributed by atoms with van der Waals surface area (Å²) in [4.78, 5) is 13.9. The van der Waals surface area contributed by atoms with Crippen LogP contribution < -0.4 is 9.47 Å². The van der Waals surface area contributed by atoms with E-state index in [-0.39, 0.29) is 6.09 Å². The van der Waals surface area contributed by atoms with Gasteiger partial charge in [0.25, 0.3) is 0 Å². The molecular formula is C16H22ClNO4. The number of fused-ring (bicyclic) bond motifs is 1. The van der Waals surface area contributed by atoms with E-state index in [1.807, 2.05) is 26.8 Å². The molecule has 0 saturated carbocycles. The fourth-order valence-electron chi connectivity index (χ4n) is 2.46. The van der Waals surface area contributed by atoms with Crippen molar-refractivity contribution in [3.05, 3.63) is 22.2 Å². The molecule has 0 fully saturated rings. The number of amides is 1. The maximum Gasteiger partial charge on any atom is 0.410 e. The molecule has 0 saturated heterocycles. The quantitative estimate of drug-likeness (QED) is 0.832. The van der Waals surface area contributed by atoms with Crippen LogP contribution in [0.15, 0.2) is 6.07 Å². The Kier molecular flexibility index (Phi) is 4.75. The summed E-state index contributed by atoms with van der Waals surface area (Å²) in [5, 5.41) is 0.556. The summed E-state index contributed by atoms with van der Waals surface area (Å²) in [6.45, 7) is 6.58. The molecule has 1 heterocycles. The van der Waals surface area contributed by atoms with Crippen molar-refractivity contribution < 1.29 is 19.0 Å². The average Bonchev–Trinajstić information content (AvgIpc) is 2.44. The molecule has 1 aromatic rings. The predicted molar refractivity (Wildman–Crippen MR) is 84.9 cm³/mol. The molecule has 2 rings (SSSR count). The lowest BCUT2D eigenvalue weighted by Crippen LogP contribution is -2.40. The maximum atomic E-state index is 12.2. The summed E-state index contributed by atoms with van der Waals surface area (Å²) in [7, 11) is 3.13. The molecule has 0 unspecified atom stereocenters. The Balaban J connectivity index is 2.27. The Bertz CT molecular complexity index is 580. The first-order chi connectivity index (χ1) is 10.3. The number of rotatable bonds is 2. The molecule has 0 atom stereocenters. The van der Waals surface area contributed by atoms with Crippen LogP contribution >= 0.6 is 11.6 Å². The Hall–Kier alpha value is -1.62. The van der Waals surface area contributed by atoms with Crippen molar-refractivity contribution >= 4 is 17.7 Å². The van der Waals surface area contributed by atoms with Gasteiger partial charge in [-0.2, -0.15) is 0 Å². The summed E-state index contributed by atoms with van der Waals surface area (Å²) in [5.41, 5.74) is 1.45. The zero-order valence-electron chi connectivity index (χ0n) is 13.7. The normalized spacial score (nSPS) is 14.4. The van der Waals surface area contributed by atoms with Crippen molar-refractivity contribution in [2.45, 2.75) is 39.3 Å². The van der Waals surface area contributed by atoms with Gasteiger partial charge in [-0.1, -0.05) is 11.6 Å². The van der Waals surface area contributed by atoms with Gasteiger partial charge >= 0.3 is 6.09 Å². The van der Waals surface area contributed by atoms with Crippen LogP contribution in [0.3, 0.4) is 0 Å². The molecule has 0 aliphatic carbocycles. The van der Waals surface area contributed by atoms with E-state index in [1.165, 1.54) is 0 Å². The van der Waals surface area contributed by atoms with Crippen molar-refractivity contribution in [2.75, 3.05) is 20.8 Å². The third-order valence-electron chi connectivity index (χ3n) is 3.45. The first-order valence-electron chi connectivity index (χ1n) is 7.17. The molecule has 0 bridgehead atoms. The van der Waals surface area contributed by atoms with E-state index in [4.69, 9.17) is 25.8 Å². The number of carbonyl (C=O) groups excluding carboxylic acids is 1. The molecule has 1 aromatic carbocycles. The largest absolute Gasteiger partial charge is 0.493 e. The lowest BCUT2D eigenvalue weighted by molar-refractivity contribution is 0.0223. The zero-order valence-corrected chi connectivity index (χ0v) is 14.4. The number of hydrogen-bond donors (Lipinski definition) is 0. The summed E-state index contributed by atoms with van der Waals surface area (Å²) < 4.78 is 16.0. The highest BCUT2D eigenvalue weighted by molar-refractivity contribution is 6.33. The van der Waals surface area contributed by atoms with Crippen LogP contribution in [-0.4, -0.2) is 37.4 Å². The minimum atomic E-state index is -0.507. The number of benzene rings is 1. The third-order valence-corrected chi connectivity index (χ3v) is 3.85. The highest BCUT2D eigenvalue weighted by atomic mass is 35.5. The molecule has 5 nitrogen and oxygen atoms in total. The Morgan fingerprint density at radius 1 is 1.27 bits per heavy atom. The van der Waals surface area contributed by atoms with E-state index in [0.717, 1.165) is 11.1 Å². The van der Waals surface area contributed by atoms with Crippen molar-refractivity contribution in [3.63, 3.8) is 0 Å².